The summed E-state index contributed by atoms with van der Waals surface area (Å²) in [4.78, 5) is 14.6. The topological polar surface area (TPSA) is 73.0 Å². The molecule has 1 aromatic heterocycles. The number of nitrogens with two attached hydrogens (primary N) is 1. The highest BCUT2D eigenvalue weighted by molar-refractivity contribution is 7.71. The molecule has 5 nitrogen and oxygen atoms in total. The second-order valence-corrected chi connectivity index (χ2v) is 5.53. The van der Waals surface area contributed by atoms with Crippen LogP contribution in [0.3, 0.4) is 0 Å². The first-order valence-electron chi connectivity index (χ1n) is 5.91. The molecule has 6 heteroatoms. The summed E-state index contributed by atoms with van der Waals surface area (Å²) in [5.74, 6) is 0.388. The number of hydrogen-bond acceptors (Lipinski definition) is 3. The number of aromatic nitrogens is 2. The van der Waals surface area contributed by atoms with Gasteiger partial charge in [-0.15, -0.1) is 0 Å². The number of primary amides is 1. The molecule has 0 atom stereocenters. The van der Waals surface area contributed by atoms with E-state index in [2.05, 4.69) is 4.98 Å². The Morgan fingerprint density at radius 1 is 1.53 bits per heavy atom. The van der Waals surface area contributed by atoms with Crippen LogP contribution in [0.1, 0.15) is 13.8 Å². The maximum atomic E-state index is 11.5. The van der Waals surface area contributed by atoms with Crippen molar-refractivity contribution in [2.24, 2.45) is 11.1 Å². The highest BCUT2D eigenvalue weighted by atomic mass is 32.1. The van der Waals surface area contributed by atoms with Crippen LogP contribution in [-0.2, 0) is 11.3 Å². The van der Waals surface area contributed by atoms with E-state index in [0.717, 1.165) is 16.8 Å². The van der Waals surface area contributed by atoms with Gasteiger partial charge in [-0.05, 0) is 38.2 Å². The molecule has 0 aliphatic heterocycles. The second-order valence-electron chi connectivity index (χ2n) is 5.15. The normalized spacial score (nSPS) is 11.7. The van der Waals surface area contributed by atoms with Crippen LogP contribution in [0.25, 0.3) is 11.0 Å². The number of ether oxygens (including phenoxy) is 1. The number of H-pyrrole nitrogens is 1. The van der Waals surface area contributed by atoms with Gasteiger partial charge in [0.2, 0.25) is 5.91 Å². The molecule has 0 radical (unpaired) electrons. The average Bonchev–Trinajstić information content (AvgIpc) is 2.64. The zero-order chi connectivity index (χ0) is 14.2. The third kappa shape index (κ3) is 2.49. The Balaban J connectivity index is 2.56. The van der Waals surface area contributed by atoms with Crippen molar-refractivity contribution < 1.29 is 9.53 Å². The monoisotopic (exact) mass is 279 g/mol. The number of nitrogens with zero attached hydrogens (tertiary/aromatic N) is 1. The van der Waals surface area contributed by atoms with Gasteiger partial charge in [0.05, 0.1) is 23.6 Å². The molecular weight excluding hydrogens is 262 g/mol. The van der Waals surface area contributed by atoms with E-state index in [1.807, 2.05) is 22.8 Å². The Hall–Kier alpha value is -1.82. The SMILES string of the molecule is COc1ccc2[nH]c(=S)n(CC(C)(C)C(N)=O)c2c1. The third-order valence-corrected chi connectivity index (χ3v) is 3.53. The molecule has 19 heavy (non-hydrogen) atoms. The van der Waals surface area contributed by atoms with Gasteiger partial charge in [0.1, 0.15) is 5.75 Å². The minimum absolute atomic E-state index is 0.355. The molecule has 2 rings (SSSR count). The molecule has 0 bridgehead atoms. The lowest BCUT2D eigenvalue weighted by Gasteiger charge is -2.21. The first-order chi connectivity index (χ1) is 8.85. The van der Waals surface area contributed by atoms with E-state index in [-0.39, 0.29) is 5.91 Å². The molecule has 2 aromatic rings. The second kappa shape index (κ2) is 4.70. The van der Waals surface area contributed by atoms with E-state index in [1.54, 1.807) is 21.0 Å². The summed E-state index contributed by atoms with van der Waals surface area (Å²) in [7, 11) is 1.61. The number of methoxy groups -OCH3 is 1. The van der Waals surface area contributed by atoms with E-state index in [9.17, 15) is 4.79 Å². The standard InChI is InChI=1S/C13H17N3O2S/c1-13(2,11(14)17)7-16-10-6-8(18-3)4-5-9(10)15-12(16)19/h4-6H,7H2,1-3H3,(H2,14,17)(H,15,19). The van der Waals surface area contributed by atoms with Crippen LogP contribution in [0.4, 0.5) is 0 Å². The summed E-state index contributed by atoms with van der Waals surface area (Å²) >= 11 is 5.30. The van der Waals surface area contributed by atoms with Gasteiger partial charge in [0.25, 0.3) is 0 Å². The summed E-state index contributed by atoms with van der Waals surface area (Å²) in [6.07, 6.45) is 0. The molecule has 1 aromatic carbocycles. The number of aromatic amines is 1. The van der Waals surface area contributed by atoms with Crippen LogP contribution in [0.5, 0.6) is 5.75 Å². The maximum absolute atomic E-state index is 11.5. The molecule has 0 unspecified atom stereocenters. The van der Waals surface area contributed by atoms with E-state index in [0.29, 0.717) is 11.3 Å². The number of carbonyl (C=O) groups is 1. The van der Waals surface area contributed by atoms with Gasteiger partial charge in [-0.2, -0.15) is 0 Å². The van der Waals surface area contributed by atoms with Gasteiger partial charge in [-0.1, -0.05) is 0 Å². The van der Waals surface area contributed by atoms with Crippen molar-refractivity contribution in [2.45, 2.75) is 20.4 Å². The largest absolute Gasteiger partial charge is 0.497 e. The van der Waals surface area contributed by atoms with Gasteiger partial charge in [0.15, 0.2) is 4.77 Å². The lowest BCUT2D eigenvalue weighted by atomic mass is 9.92. The summed E-state index contributed by atoms with van der Waals surface area (Å²) in [6.45, 7) is 4.03. The fraction of sp³-hybridized carbons (Fsp3) is 0.385. The number of rotatable bonds is 4. The molecule has 0 saturated heterocycles. The molecule has 0 fully saturated rings. The van der Waals surface area contributed by atoms with Crippen molar-refractivity contribution in [3.05, 3.63) is 23.0 Å². The molecule has 1 amide bonds. The predicted octanol–water partition coefficient (Wildman–Crippen LogP) is 2.22. The van der Waals surface area contributed by atoms with Crippen molar-refractivity contribution in [3.8, 4) is 5.75 Å². The van der Waals surface area contributed by atoms with Gasteiger partial charge in [0, 0.05) is 12.6 Å². The van der Waals surface area contributed by atoms with Crippen molar-refractivity contribution >= 4 is 29.2 Å². The Kier molecular flexibility index (Phi) is 3.36. The van der Waals surface area contributed by atoms with Crippen LogP contribution in [0.15, 0.2) is 18.2 Å². The van der Waals surface area contributed by atoms with Crippen LogP contribution >= 0.6 is 12.2 Å². The van der Waals surface area contributed by atoms with Crippen LogP contribution in [0.2, 0.25) is 0 Å². The number of hydrogen-bond donors (Lipinski definition) is 2. The molecule has 0 aliphatic carbocycles. The van der Waals surface area contributed by atoms with Crippen molar-refractivity contribution in [3.63, 3.8) is 0 Å². The van der Waals surface area contributed by atoms with Crippen molar-refractivity contribution in [1.29, 1.82) is 0 Å². The number of imidazole rings is 1. The van der Waals surface area contributed by atoms with Gasteiger partial charge < -0.3 is 20.0 Å². The summed E-state index contributed by atoms with van der Waals surface area (Å²) in [5, 5.41) is 0. The molecule has 102 valence electrons. The number of carbonyl (C=O) groups excluding carboxylic acids is 1. The Morgan fingerprint density at radius 2 is 2.21 bits per heavy atom. The smallest absolute Gasteiger partial charge is 0.224 e. The van der Waals surface area contributed by atoms with Gasteiger partial charge >= 0.3 is 0 Å². The first kappa shape index (κ1) is 13.6. The molecular formula is C13H17N3O2S. The minimum atomic E-state index is -0.670. The van der Waals surface area contributed by atoms with E-state index < -0.39 is 5.41 Å². The highest BCUT2D eigenvalue weighted by Gasteiger charge is 2.26. The number of amides is 1. The third-order valence-electron chi connectivity index (χ3n) is 3.20. The quantitative estimate of drug-likeness (QED) is 0.843. The van der Waals surface area contributed by atoms with E-state index >= 15 is 0 Å². The first-order valence-corrected chi connectivity index (χ1v) is 6.32. The molecule has 1 heterocycles. The number of nitrogens with one attached hydrogen (secondary N) is 1. The van der Waals surface area contributed by atoms with Gasteiger partial charge in [-0.25, -0.2) is 0 Å². The van der Waals surface area contributed by atoms with Crippen LogP contribution in [0, 0.1) is 10.2 Å². The lowest BCUT2D eigenvalue weighted by molar-refractivity contribution is -0.126. The Bertz CT molecular complexity index is 685. The summed E-state index contributed by atoms with van der Waals surface area (Å²) in [6, 6.07) is 5.65. The fourth-order valence-corrected chi connectivity index (χ4v) is 2.16. The Morgan fingerprint density at radius 3 is 2.79 bits per heavy atom. The number of benzene rings is 1. The van der Waals surface area contributed by atoms with Crippen LogP contribution < -0.4 is 10.5 Å². The zero-order valence-electron chi connectivity index (χ0n) is 11.2. The zero-order valence-corrected chi connectivity index (χ0v) is 12.0. The number of fused-ring (bicyclic) bond motifs is 1. The van der Waals surface area contributed by atoms with Crippen molar-refractivity contribution in [1.82, 2.24) is 9.55 Å². The van der Waals surface area contributed by atoms with Gasteiger partial charge in [-0.3, -0.25) is 4.79 Å². The molecule has 0 spiro atoms. The predicted molar refractivity (Wildman–Crippen MR) is 76.7 cm³/mol. The molecule has 0 saturated carbocycles. The minimum Gasteiger partial charge on any atom is -0.497 e. The summed E-state index contributed by atoms with van der Waals surface area (Å²) in [5.41, 5.74) is 6.56. The van der Waals surface area contributed by atoms with Crippen molar-refractivity contribution in [2.75, 3.05) is 7.11 Å². The van der Waals surface area contributed by atoms with E-state index in [4.69, 9.17) is 22.7 Å². The van der Waals surface area contributed by atoms with Crippen LogP contribution in [-0.4, -0.2) is 22.6 Å². The van der Waals surface area contributed by atoms with E-state index in [1.165, 1.54) is 0 Å². The maximum Gasteiger partial charge on any atom is 0.224 e. The molecule has 3 N–H and O–H groups in total. The molecule has 0 aliphatic rings. The lowest BCUT2D eigenvalue weighted by Crippen LogP contribution is -2.35. The average molecular weight is 279 g/mol. The Labute approximate surface area is 116 Å². The summed E-state index contributed by atoms with van der Waals surface area (Å²) < 4.78 is 7.65. The highest BCUT2D eigenvalue weighted by Crippen LogP contribution is 2.25. The fourth-order valence-electron chi connectivity index (χ4n) is 1.89.